The van der Waals surface area contributed by atoms with Crippen LogP contribution < -0.4 is 24.4 Å². The van der Waals surface area contributed by atoms with Crippen LogP contribution in [0.5, 0.6) is 11.5 Å². The quantitative estimate of drug-likeness (QED) is 0.371. The Morgan fingerprint density at radius 3 is 2.53 bits per heavy atom. The maximum absolute atomic E-state index is 13.9. The number of nitrogens with zero attached hydrogens (tertiary/aromatic N) is 2. The molecule has 3 aromatic rings. The number of ether oxygens (including phenoxy) is 3. The minimum atomic E-state index is -0.644. The predicted octanol–water partition coefficient (Wildman–Crippen LogP) is 4.72. The largest absolute Gasteiger partial charge is 0.493 e. The lowest BCUT2D eigenvalue weighted by atomic mass is 9.93. The molecule has 0 aliphatic carbocycles. The van der Waals surface area contributed by atoms with Gasteiger partial charge in [0.1, 0.15) is 0 Å². The number of benzene rings is 2. The smallest absolute Gasteiger partial charge is 0.338 e. The molecule has 2 aromatic carbocycles. The summed E-state index contributed by atoms with van der Waals surface area (Å²) in [7, 11) is 1.59. The zero-order valence-corrected chi connectivity index (χ0v) is 23.6. The topological polar surface area (TPSA) is 79.1 Å². The van der Waals surface area contributed by atoms with E-state index in [1.165, 1.54) is 16.9 Å². The van der Waals surface area contributed by atoms with E-state index >= 15 is 0 Å². The third-order valence-corrected chi connectivity index (χ3v) is 7.39. The number of esters is 1. The summed E-state index contributed by atoms with van der Waals surface area (Å²) in [5.74, 6) is 1.08. The summed E-state index contributed by atoms with van der Waals surface area (Å²) in [6.07, 6.45) is 2.64. The summed E-state index contributed by atoms with van der Waals surface area (Å²) in [4.78, 5) is 32.2. The van der Waals surface area contributed by atoms with Gasteiger partial charge in [-0.2, -0.15) is 0 Å². The molecule has 0 N–H and O–H groups in total. The van der Waals surface area contributed by atoms with Crippen LogP contribution in [0.3, 0.4) is 0 Å². The Labute approximate surface area is 226 Å². The van der Waals surface area contributed by atoms with Crippen LogP contribution >= 0.6 is 11.3 Å². The highest BCUT2D eigenvalue weighted by atomic mass is 32.1. The highest BCUT2D eigenvalue weighted by Gasteiger charge is 2.33. The van der Waals surface area contributed by atoms with Gasteiger partial charge in [-0.15, -0.1) is 0 Å². The summed E-state index contributed by atoms with van der Waals surface area (Å²) < 4.78 is 19.0. The highest BCUT2D eigenvalue weighted by molar-refractivity contribution is 7.07. The second-order valence-corrected chi connectivity index (χ2v) is 10.4. The number of para-hydroxylation sites is 1. The second kappa shape index (κ2) is 11.8. The first-order valence-corrected chi connectivity index (χ1v) is 13.7. The van der Waals surface area contributed by atoms with Crippen LogP contribution in [0, 0.1) is 0 Å². The van der Waals surface area contributed by atoms with Gasteiger partial charge in [-0.1, -0.05) is 68.5 Å². The molecule has 1 unspecified atom stereocenters. The van der Waals surface area contributed by atoms with Crippen LogP contribution in [0.4, 0.5) is 0 Å². The van der Waals surface area contributed by atoms with Gasteiger partial charge in [0.15, 0.2) is 16.3 Å². The van der Waals surface area contributed by atoms with Crippen LogP contribution in [-0.4, -0.2) is 30.9 Å². The Morgan fingerprint density at radius 1 is 1.16 bits per heavy atom. The second-order valence-electron chi connectivity index (χ2n) is 9.35. The van der Waals surface area contributed by atoms with Crippen LogP contribution in [0.2, 0.25) is 0 Å². The number of carbonyl (C=O) groups excluding carboxylic acids is 1. The van der Waals surface area contributed by atoms with Crippen molar-refractivity contribution in [1.82, 2.24) is 4.57 Å². The highest BCUT2D eigenvalue weighted by Crippen LogP contribution is 2.33. The van der Waals surface area contributed by atoms with Crippen molar-refractivity contribution < 1.29 is 19.0 Å². The molecule has 200 valence electrons. The van der Waals surface area contributed by atoms with E-state index < -0.39 is 12.0 Å². The molecule has 0 spiro atoms. The summed E-state index contributed by atoms with van der Waals surface area (Å²) >= 11 is 1.29. The van der Waals surface area contributed by atoms with Crippen LogP contribution in [0.25, 0.3) is 6.08 Å². The van der Waals surface area contributed by atoms with Crippen LogP contribution in [-0.2, 0) is 9.53 Å². The van der Waals surface area contributed by atoms with Gasteiger partial charge in [0.05, 0.1) is 42.2 Å². The van der Waals surface area contributed by atoms with E-state index in [9.17, 15) is 9.59 Å². The molecule has 0 fully saturated rings. The lowest BCUT2D eigenvalue weighted by molar-refractivity contribution is -0.139. The maximum Gasteiger partial charge on any atom is 0.338 e. The fourth-order valence-corrected chi connectivity index (χ4v) is 5.51. The Bertz CT molecular complexity index is 1530. The number of allylic oxidation sites excluding steroid dienone is 1. The molecule has 4 rings (SSSR count). The van der Waals surface area contributed by atoms with Crippen molar-refractivity contribution >= 4 is 23.4 Å². The number of hydrogen-bond donors (Lipinski definition) is 0. The average molecular weight is 535 g/mol. The third kappa shape index (κ3) is 5.31. The molecule has 1 aromatic heterocycles. The van der Waals surface area contributed by atoms with Crippen LogP contribution in [0.15, 0.2) is 63.5 Å². The number of carbonyl (C=O) groups is 1. The molecule has 0 radical (unpaired) electrons. The fourth-order valence-electron chi connectivity index (χ4n) is 4.48. The van der Waals surface area contributed by atoms with Gasteiger partial charge in [-0.05, 0) is 49.5 Å². The molecule has 1 atom stereocenters. The summed E-state index contributed by atoms with van der Waals surface area (Å²) in [6.45, 7) is 10.6. The van der Waals surface area contributed by atoms with E-state index in [4.69, 9.17) is 14.2 Å². The Kier molecular flexibility index (Phi) is 8.52. The van der Waals surface area contributed by atoms with E-state index in [1.807, 2.05) is 49.4 Å². The summed E-state index contributed by atoms with van der Waals surface area (Å²) in [5.41, 5.74) is 3.43. The van der Waals surface area contributed by atoms with Gasteiger partial charge in [-0.25, -0.2) is 9.79 Å². The van der Waals surface area contributed by atoms with E-state index in [-0.39, 0.29) is 12.2 Å². The number of thiazole rings is 1. The van der Waals surface area contributed by atoms with Crippen molar-refractivity contribution in [3.63, 3.8) is 0 Å². The number of methoxy groups -OCH3 is 1. The van der Waals surface area contributed by atoms with Crippen molar-refractivity contribution in [2.24, 2.45) is 4.99 Å². The molecule has 2 heterocycles. The van der Waals surface area contributed by atoms with Crippen LogP contribution in [0.1, 0.15) is 69.7 Å². The molecule has 0 bridgehead atoms. The van der Waals surface area contributed by atoms with E-state index in [0.717, 1.165) is 17.5 Å². The SMILES string of the molecule is CCCOc1c(C=c2sc3n(c2=O)C(c2ccc(C(C)C)cc2)C(C(=O)OCC)=C(C)N=3)cccc1OC. The van der Waals surface area contributed by atoms with Crippen molar-refractivity contribution in [2.45, 2.75) is 53.0 Å². The Balaban J connectivity index is 1.93. The van der Waals surface area contributed by atoms with Gasteiger partial charge in [0, 0.05) is 5.56 Å². The van der Waals surface area contributed by atoms with Gasteiger partial charge in [-0.3, -0.25) is 9.36 Å². The fraction of sp³-hybridized carbons (Fsp3) is 0.367. The van der Waals surface area contributed by atoms with Gasteiger partial charge in [0.25, 0.3) is 5.56 Å². The molecule has 7 nitrogen and oxygen atoms in total. The average Bonchev–Trinajstić information content (AvgIpc) is 3.21. The van der Waals surface area contributed by atoms with E-state index in [0.29, 0.717) is 44.6 Å². The van der Waals surface area contributed by atoms with Gasteiger partial charge >= 0.3 is 5.97 Å². The van der Waals surface area contributed by atoms with Crippen molar-refractivity contribution in [3.8, 4) is 11.5 Å². The Morgan fingerprint density at radius 2 is 1.89 bits per heavy atom. The van der Waals surface area contributed by atoms with Crippen molar-refractivity contribution in [1.29, 1.82) is 0 Å². The lowest BCUT2D eigenvalue weighted by Gasteiger charge is -2.25. The number of hydrogen-bond acceptors (Lipinski definition) is 7. The van der Waals surface area contributed by atoms with Gasteiger partial charge < -0.3 is 14.2 Å². The maximum atomic E-state index is 13.9. The first kappa shape index (κ1) is 27.4. The van der Waals surface area contributed by atoms with Crippen molar-refractivity contribution in [2.75, 3.05) is 20.3 Å². The molecular weight excluding hydrogens is 500 g/mol. The van der Waals surface area contributed by atoms with E-state index in [2.05, 4.69) is 18.8 Å². The lowest BCUT2D eigenvalue weighted by Crippen LogP contribution is -2.39. The van der Waals surface area contributed by atoms with Gasteiger partial charge in [0.2, 0.25) is 0 Å². The standard InChI is InChI=1S/C30H34N2O5S/c1-7-16-37-27-22(10-9-11-23(27)35-6)17-24-28(33)32-26(21-14-12-20(13-15-21)18(3)4)25(29(34)36-8-2)19(5)31-30(32)38-24/h9-15,17-18,26H,7-8,16H2,1-6H3. The zero-order valence-electron chi connectivity index (χ0n) is 22.7. The monoisotopic (exact) mass is 534 g/mol. The first-order chi connectivity index (χ1) is 18.3. The normalized spacial score (nSPS) is 15.3. The molecule has 0 amide bonds. The molecule has 1 aliphatic heterocycles. The molecule has 38 heavy (non-hydrogen) atoms. The summed E-state index contributed by atoms with van der Waals surface area (Å²) in [6, 6.07) is 13.0. The number of rotatable bonds is 9. The zero-order chi connectivity index (χ0) is 27.4. The number of aromatic nitrogens is 1. The number of fused-ring (bicyclic) bond motifs is 1. The molecule has 0 saturated heterocycles. The third-order valence-electron chi connectivity index (χ3n) is 6.40. The first-order valence-electron chi connectivity index (χ1n) is 12.9. The molecule has 8 heteroatoms. The van der Waals surface area contributed by atoms with Crippen molar-refractivity contribution in [3.05, 3.63) is 90.1 Å². The molecule has 0 saturated carbocycles. The Hall–Kier alpha value is -3.65. The molecular formula is C30H34N2O5S. The molecule has 1 aliphatic rings. The minimum Gasteiger partial charge on any atom is -0.493 e. The van der Waals surface area contributed by atoms with E-state index in [1.54, 1.807) is 31.6 Å². The predicted molar refractivity (Wildman–Crippen MR) is 150 cm³/mol. The minimum absolute atomic E-state index is 0.231. The summed E-state index contributed by atoms with van der Waals surface area (Å²) in [5, 5.41) is 0.